The van der Waals surface area contributed by atoms with Crippen molar-refractivity contribution in [2.24, 2.45) is 0 Å². The lowest BCUT2D eigenvalue weighted by atomic mass is 10.0. The Labute approximate surface area is 445 Å². The lowest BCUT2D eigenvalue weighted by Gasteiger charge is -2.28. The smallest absolute Gasteiger partial charge is 0.306 e. The molecule has 0 aromatic rings. The Balaban J connectivity index is 4.13. The van der Waals surface area contributed by atoms with E-state index in [4.69, 9.17) is 18.5 Å². The van der Waals surface area contributed by atoms with Crippen molar-refractivity contribution in [3.63, 3.8) is 0 Å². The molecule has 8 nitrogen and oxygen atoms in total. The van der Waals surface area contributed by atoms with Crippen molar-refractivity contribution < 1.29 is 37.3 Å². The van der Waals surface area contributed by atoms with Crippen LogP contribution in [0.2, 0.25) is 0 Å². The summed E-state index contributed by atoms with van der Waals surface area (Å²) in [5.74, 6) is -0.341. The van der Waals surface area contributed by atoms with E-state index in [0.29, 0.717) is 24.1 Å². The molecule has 0 spiro atoms. The maximum Gasteiger partial charge on any atom is 0.306 e. The predicted octanol–water partition coefficient (Wildman–Crippen LogP) is 18.5. The van der Waals surface area contributed by atoms with Gasteiger partial charge in [-0.05, 0) is 70.6 Å². The van der Waals surface area contributed by atoms with Gasteiger partial charge in [0.05, 0.1) is 34.4 Å². The van der Waals surface area contributed by atoms with Gasteiger partial charge in [-0.15, -0.1) is 0 Å². The van der Waals surface area contributed by atoms with Gasteiger partial charge in [-0.3, -0.25) is 9.36 Å². The Bertz CT molecular complexity index is 1430. The van der Waals surface area contributed by atoms with E-state index in [0.717, 1.165) is 96.3 Å². The molecule has 0 saturated carbocycles. The molecular formula is C63H114NO7P. The van der Waals surface area contributed by atoms with Crippen molar-refractivity contribution in [1.29, 1.82) is 0 Å². The number of phosphoric ester groups is 1. The monoisotopic (exact) mass is 1030 g/mol. The normalized spacial score (nSPS) is 14.0. The molecule has 72 heavy (non-hydrogen) atoms. The van der Waals surface area contributed by atoms with Crippen LogP contribution in [0.1, 0.15) is 251 Å². The summed E-state index contributed by atoms with van der Waals surface area (Å²) in [6, 6.07) is 0. The summed E-state index contributed by atoms with van der Waals surface area (Å²) in [6.45, 7) is 5.26. The molecular weight excluding hydrogens is 914 g/mol. The molecule has 0 N–H and O–H groups in total. The van der Waals surface area contributed by atoms with Gasteiger partial charge < -0.3 is 27.9 Å². The van der Waals surface area contributed by atoms with Crippen LogP contribution in [-0.4, -0.2) is 70.7 Å². The van der Waals surface area contributed by atoms with Gasteiger partial charge in [0.2, 0.25) is 0 Å². The fourth-order valence-electron chi connectivity index (χ4n) is 8.18. The summed E-state index contributed by atoms with van der Waals surface area (Å²) in [7, 11) is 1.34. The number of hydrogen-bond acceptors (Lipinski definition) is 7. The quantitative estimate of drug-likeness (QED) is 0.0197. The number of carbonyl (C=O) groups excluding carboxylic acids is 1. The number of nitrogens with zero attached hydrogens (tertiary/aromatic N) is 1. The summed E-state index contributed by atoms with van der Waals surface area (Å²) >= 11 is 0. The molecule has 0 aromatic carbocycles. The van der Waals surface area contributed by atoms with Gasteiger partial charge in [0.25, 0.3) is 7.82 Å². The Kier molecular flexibility index (Phi) is 53.2. The fraction of sp³-hybridized carbons (Fsp3) is 0.762. The summed E-state index contributed by atoms with van der Waals surface area (Å²) in [5, 5.41) is 0. The lowest BCUT2D eigenvalue weighted by Crippen LogP contribution is -2.37. The molecule has 0 aromatic heterocycles. The molecule has 0 amide bonds. The number of rotatable bonds is 55. The highest BCUT2D eigenvalue weighted by Crippen LogP contribution is 2.38. The minimum Gasteiger partial charge on any atom is -0.756 e. The first kappa shape index (κ1) is 69.7. The third-order valence-electron chi connectivity index (χ3n) is 12.7. The summed E-state index contributed by atoms with van der Waals surface area (Å²) < 4.78 is 34.8. The van der Waals surface area contributed by atoms with Crippen molar-refractivity contribution in [3.8, 4) is 0 Å². The van der Waals surface area contributed by atoms with Crippen molar-refractivity contribution >= 4 is 13.8 Å². The number of quaternary nitrogens is 1. The van der Waals surface area contributed by atoms with Gasteiger partial charge in [-0.25, -0.2) is 0 Å². The van der Waals surface area contributed by atoms with Crippen LogP contribution in [0.25, 0.3) is 0 Å². The van der Waals surface area contributed by atoms with E-state index in [1.165, 1.54) is 135 Å². The highest BCUT2D eigenvalue weighted by molar-refractivity contribution is 7.45. The lowest BCUT2D eigenvalue weighted by molar-refractivity contribution is -0.870. The van der Waals surface area contributed by atoms with E-state index in [1.807, 2.05) is 21.1 Å². The molecule has 0 aliphatic carbocycles. The number of ether oxygens (including phenoxy) is 2. The Morgan fingerprint density at radius 3 is 1.21 bits per heavy atom. The summed E-state index contributed by atoms with van der Waals surface area (Å²) in [6.07, 6.45) is 74.9. The van der Waals surface area contributed by atoms with E-state index >= 15 is 0 Å². The first-order valence-electron chi connectivity index (χ1n) is 29.8. The third-order valence-corrected chi connectivity index (χ3v) is 13.7. The van der Waals surface area contributed by atoms with Crippen molar-refractivity contribution in [3.05, 3.63) is 85.1 Å². The number of esters is 1. The maximum atomic E-state index is 12.8. The average molecular weight is 1030 g/mol. The van der Waals surface area contributed by atoms with Crippen molar-refractivity contribution in [2.75, 3.05) is 54.1 Å². The molecule has 0 heterocycles. The van der Waals surface area contributed by atoms with Crippen LogP contribution in [0.5, 0.6) is 0 Å². The number of carbonyl (C=O) groups is 1. The number of unbranched alkanes of at least 4 members (excludes halogenated alkanes) is 27. The molecule has 9 heteroatoms. The molecule has 0 bridgehead atoms. The van der Waals surface area contributed by atoms with Gasteiger partial charge in [0, 0.05) is 13.0 Å². The second-order valence-corrected chi connectivity index (χ2v) is 22.4. The van der Waals surface area contributed by atoms with Gasteiger partial charge in [-0.1, -0.05) is 259 Å². The SMILES string of the molecule is CC/C=C\C/C=C\C/C=C\C/C=C\C/C=C\C/C=C\C/C=C\CCCCCCOCC(COP(=O)([O-])OCC[N+](C)(C)C)OC(=O)CCCCCCCCCCCCCCCCCCCCCCCCCC. The number of hydrogen-bond donors (Lipinski definition) is 0. The van der Waals surface area contributed by atoms with Crippen molar-refractivity contribution in [2.45, 2.75) is 258 Å². The first-order valence-corrected chi connectivity index (χ1v) is 31.3. The van der Waals surface area contributed by atoms with E-state index in [1.54, 1.807) is 0 Å². The van der Waals surface area contributed by atoms with E-state index in [-0.39, 0.29) is 25.8 Å². The number of likely N-dealkylation sites (N-methyl/N-ethyl adjacent to an activating group) is 1. The second-order valence-electron chi connectivity index (χ2n) is 21.0. The Hall–Kier alpha value is -2.32. The van der Waals surface area contributed by atoms with Crippen LogP contribution in [0.4, 0.5) is 0 Å². The molecule has 0 saturated heterocycles. The van der Waals surface area contributed by atoms with E-state index < -0.39 is 13.9 Å². The molecule has 0 rings (SSSR count). The summed E-state index contributed by atoms with van der Waals surface area (Å²) in [4.78, 5) is 25.3. The van der Waals surface area contributed by atoms with Crippen LogP contribution < -0.4 is 4.89 Å². The van der Waals surface area contributed by atoms with Crippen LogP contribution in [0, 0.1) is 0 Å². The fourth-order valence-corrected chi connectivity index (χ4v) is 8.90. The van der Waals surface area contributed by atoms with Crippen LogP contribution in [0.3, 0.4) is 0 Å². The Morgan fingerprint density at radius 1 is 0.444 bits per heavy atom. The van der Waals surface area contributed by atoms with Crippen LogP contribution >= 0.6 is 7.82 Å². The van der Waals surface area contributed by atoms with Gasteiger partial charge >= 0.3 is 5.97 Å². The predicted molar refractivity (Wildman–Crippen MR) is 309 cm³/mol. The molecule has 0 aliphatic rings. The molecule has 0 aliphatic heterocycles. The minimum absolute atomic E-state index is 0.0179. The number of phosphoric acid groups is 1. The van der Waals surface area contributed by atoms with Crippen molar-refractivity contribution in [1.82, 2.24) is 0 Å². The van der Waals surface area contributed by atoms with Gasteiger partial charge in [-0.2, -0.15) is 0 Å². The molecule has 0 radical (unpaired) electrons. The summed E-state index contributed by atoms with van der Waals surface area (Å²) in [5.41, 5.74) is 0. The minimum atomic E-state index is -4.55. The number of allylic oxidation sites excluding steroid dienone is 14. The molecule has 418 valence electrons. The largest absolute Gasteiger partial charge is 0.756 e. The molecule has 0 fully saturated rings. The zero-order valence-corrected chi connectivity index (χ0v) is 48.5. The molecule has 2 unspecified atom stereocenters. The third kappa shape index (κ3) is 58.6. The maximum absolute atomic E-state index is 12.8. The van der Waals surface area contributed by atoms with Gasteiger partial charge in [0.1, 0.15) is 19.3 Å². The Morgan fingerprint density at radius 2 is 0.806 bits per heavy atom. The zero-order valence-electron chi connectivity index (χ0n) is 47.6. The first-order chi connectivity index (χ1) is 35.1. The highest BCUT2D eigenvalue weighted by Gasteiger charge is 2.20. The standard InChI is InChI=1S/C63H114NO7P/c1-6-8-10-12-14-16-18-20-22-24-26-28-30-32-33-35-37-39-41-43-45-47-49-51-53-55-58-68-60-62(61-70-72(66,67)69-59-57-64(3,4)5)71-63(65)56-54-52-50-48-46-44-42-40-38-36-34-31-29-27-25-23-21-19-17-15-13-11-9-7-2/h8,10,14,16,20,22,26,28,32-33,37,39,43,45,62H,6-7,9,11-13,15,17-19,21,23-25,27,29-31,34-36,38,40-42,44,46-61H2,1-5H3/b10-8-,16-14-,22-20-,28-26-,33-32-,39-37-,45-43-. The topological polar surface area (TPSA) is 94.1 Å². The molecule has 2 atom stereocenters. The van der Waals surface area contributed by atoms with E-state index in [2.05, 4.69) is 98.9 Å². The second kappa shape index (κ2) is 54.9. The van der Waals surface area contributed by atoms with E-state index in [9.17, 15) is 14.3 Å². The van der Waals surface area contributed by atoms with Crippen LogP contribution in [0.15, 0.2) is 85.1 Å². The average Bonchev–Trinajstić information content (AvgIpc) is 3.34. The highest BCUT2D eigenvalue weighted by atomic mass is 31.2. The van der Waals surface area contributed by atoms with Gasteiger partial charge in [0.15, 0.2) is 0 Å². The zero-order chi connectivity index (χ0) is 52.6. The van der Waals surface area contributed by atoms with Crippen LogP contribution in [-0.2, 0) is 27.9 Å².